The number of hydrogen-bond donors (Lipinski definition) is 2. The van der Waals surface area contributed by atoms with E-state index in [0.717, 1.165) is 44.0 Å². The summed E-state index contributed by atoms with van der Waals surface area (Å²) in [5.41, 5.74) is 2.87. The summed E-state index contributed by atoms with van der Waals surface area (Å²) in [5, 5.41) is 20.2. The molecule has 1 aliphatic rings. The highest BCUT2D eigenvalue weighted by Gasteiger charge is 2.21. The molecule has 1 fully saturated rings. The molecule has 3 rings (SSSR count). The van der Waals surface area contributed by atoms with E-state index in [1.165, 1.54) is 5.69 Å². The molecule has 0 spiro atoms. The molecule has 1 aromatic carbocycles. The zero-order valence-electron chi connectivity index (χ0n) is 16.4. The lowest BCUT2D eigenvalue weighted by atomic mass is 10.1. The molecule has 0 saturated carbocycles. The Balaban J connectivity index is 0.00000280. The quantitative estimate of drug-likeness (QED) is 0.381. The van der Waals surface area contributed by atoms with Crippen LogP contribution in [-0.4, -0.2) is 41.4 Å². The molecule has 1 saturated heterocycles. The highest BCUT2D eigenvalue weighted by Crippen LogP contribution is 2.19. The number of rotatable bonds is 5. The standard InChI is InChI=1S/C20H27N7.HI/c1-3-22-20(23-12-17-7-4-6-16(10-17)11-21)25-18-8-5-9-27(14-18)19-13-24-26(2)15-19;/h4,6-7,10,13,15,18H,3,5,8-9,12,14H2,1-2H3,(H2,22,23,25);1H. The molecular weight excluding hydrogens is 465 g/mol. The van der Waals surface area contributed by atoms with Gasteiger partial charge in [-0.05, 0) is 37.5 Å². The fourth-order valence-corrected chi connectivity index (χ4v) is 3.32. The van der Waals surface area contributed by atoms with Crippen LogP contribution in [0.3, 0.4) is 0 Å². The molecule has 2 N–H and O–H groups in total. The molecule has 28 heavy (non-hydrogen) atoms. The van der Waals surface area contributed by atoms with E-state index in [-0.39, 0.29) is 24.0 Å². The molecule has 1 aromatic heterocycles. The molecule has 7 nitrogen and oxygen atoms in total. The topological polar surface area (TPSA) is 81.3 Å². The van der Waals surface area contributed by atoms with Crippen LogP contribution in [-0.2, 0) is 13.6 Å². The fourth-order valence-electron chi connectivity index (χ4n) is 3.32. The molecule has 0 bridgehead atoms. The molecule has 1 unspecified atom stereocenters. The van der Waals surface area contributed by atoms with E-state index in [1.54, 1.807) is 0 Å². The van der Waals surface area contributed by atoms with Crippen LogP contribution in [0.25, 0.3) is 0 Å². The second-order valence-electron chi connectivity index (χ2n) is 6.81. The van der Waals surface area contributed by atoms with E-state index in [0.29, 0.717) is 18.2 Å². The third kappa shape index (κ3) is 6.12. The Labute approximate surface area is 183 Å². The minimum absolute atomic E-state index is 0. The Morgan fingerprint density at radius 2 is 2.29 bits per heavy atom. The maximum atomic E-state index is 9.04. The van der Waals surface area contributed by atoms with Gasteiger partial charge >= 0.3 is 0 Å². The van der Waals surface area contributed by atoms with Crippen molar-refractivity contribution in [1.29, 1.82) is 5.26 Å². The number of aromatic nitrogens is 2. The van der Waals surface area contributed by atoms with Gasteiger partial charge in [-0.2, -0.15) is 10.4 Å². The van der Waals surface area contributed by atoms with Crippen molar-refractivity contribution in [3.8, 4) is 6.07 Å². The first-order chi connectivity index (χ1) is 13.2. The van der Waals surface area contributed by atoms with Gasteiger partial charge < -0.3 is 15.5 Å². The van der Waals surface area contributed by atoms with Gasteiger partial charge in [0.15, 0.2) is 5.96 Å². The zero-order chi connectivity index (χ0) is 19.1. The van der Waals surface area contributed by atoms with Gasteiger partial charge in [0.05, 0.1) is 30.1 Å². The van der Waals surface area contributed by atoms with Gasteiger partial charge in [0.2, 0.25) is 0 Å². The highest BCUT2D eigenvalue weighted by atomic mass is 127. The van der Waals surface area contributed by atoms with E-state index in [9.17, 15) is 0 Å². The van der Waals surface area contributed by atoms with Crippen LogP contribution >= 0.6 is 24.0 Å². The first-order valence-corrected chi connectivity index (χ1v) is 9.45. The monoisotopic (exact) mass is 493 g/mol. The third-order valence-electron chi connectivity index (χ3n) is 4.64. The van der Waals surface area contributed by atoms with Gasteiger partial charge in [-0.3, -0.25) is 4.68 Å². The van der Waals surface area contributed by atoms with Crippen LogP contribution in [0.5, 0.6) is 0 Å². The van der Waals surface area contributed by atoms with Gasteiger partial charge in [0.25, 0.3) is 0 Å². The molecule has 0 aliphatic carbocycles. The maximum Gasteiger partial charge on any atom is 0.191 e. The average molecular weight is 493 g/mol. The fraction of sp³-hybridized carbons (Fsp3) is 0.450. The number of nitrogens with zero attached hydrogens (tertiary/aromatic N) is 5. The van der Waals surface area contributed by atoms with E-state index in [4.69, 9.17) is 10.3 Å². The van der Waals surface area contributed by atoms with Gasteiger partial charge in [-0.1, -0.05) is 12.1 Å². The summed E-state index contributed by atoms with van der Waals surface area (Å²) >= 11 is 0. The molecule has 1 aliphatic heterocycles. The Morgan fingerprint density at radius 1 is 1.43 bits per heavy atom. The lowest BCUT2D eigenvalue weighted by molar-refractivity contribution is 0.468. The number of nitrogens with one attached hydrogen (secondary N) is 2. The van der Waals surface area contributed by atoms with E-state index >= 15 is 0 Å². The third-order valence-corrected chi connectivity index (χ3v) is 4.64. The van der Waals surface area contributed by atoms with Gasteiger partial charge in [0, 0.05) is 38.9 Å². The Bertz CT molecular complexity index is 824. The summed E-state index contributed by atoms with van der Waals surface area (Å²) in [6.07, 6.45) is 6.23. The van der Waals surface area contributed by atoms with Crippen molar-refractivity contribution in [1.82, 2.24) is 20.4 Å². The molecule has 2 heterocycles. The summed E-state index contributed by atoms with van der Waals surface area (Å²) in [5.74, 6) is 0.817. The first kappa shape index (κ1) is 22.0. The number of nitriles is 1. The number of hydrogen-bond acceptors (Lipinski definition) is 4. The van der Waals surface area contributed by atoms with Crippen molar-refractivity contribution in [3.05, 3.63) is 47.8 Å². The number of aryl methyl sites for hydroxylation is 1. The molecular formula is C20H28IN7. The largest absolute Gasteiger partial charge is 0.367 e. The Morgan fingerprint density at radius 3 is 3.00 bits per heavy atom. The van der Waals surface area contributed by atoms with Crippen LogP contribution in [0.15, 0.2) is 41.7 Å². The number of anilines is 1. The number of benzene rings is 1. The Kier molecular flexibility index (Phi) is 8.57. The summed E-state index contributed by atoms with van der Waals surface area (Å²) in [6.45, 7) is 5.40. The number of piperidine rings is 1. The Hall–Kier alpha value is -2.28. The number of guanidine groups is 1. The van der Waals surface area contributed by atoms with Crippen molar-refractivity contribution < 1.29 is 0 Å². The molecule has 8 heteroatoms. The summed E-state index contributed by atoms with van der Waals surface area (Å²) in [6, 6.07) is 10.1. The van der Waals surface area contributed by atoms with Crippen molar-refractivity contribution in [2.75, 3.05) is 24.5 Å². The van der Waals surface area contributed by atoms with Crippen LogP contribution in [0.1, 0.15) is 30.9 Å². The van der Waals surface area contributed by atoms with E-state index < -0.39 is 0 Å². The molecule has 150 valence electrons. The zero-order valence-corrected chi connectivity index (χ0v) is 18.8. The van der Waals surface area contributed by atoms with Crippen molar-refractivity contribution in [3.63, 3.8) is 0 Å². The summed E-state index contributed by atoms with van der Waals surface area (Å²) in [7, 11) is 1.94. The van der Waals surface area contributed by atoms with E-state index in [1.807, 2.05) is 42.2 Å². The van der Waals surface area contributed by atoms with Crippen molar-refractivity contribution >= 4 is 35.6 Å². The van der Waals surface area contributed by atoms with Gasteiger partial charge in [0.1, 0.15) is 0 Å². The van der Waals surface area contributed by atoms with Gasteiger partial charge in [-0.25, -0.2) is 4.99 Å². The highest BCUT2D eigenvalue weighted by molar-refractivity contribution is 14.0. The number of aliphatic imine (C=N–C) groups is 1. The van der Waals surface area contributed by atoms with Crippen LogP contribution < -0.4 is 15.5 Å². The average Bonchev–Trinajstić information content (AvgIpc) is 3.13. The minimum atomic E-state index is 0. The van der Waals surface area contributed by atoms with Crippen LogP contribution in [0.2, 0.25) is 0 Å². The lowest BCUT2D eigenvalue weighted by Gasteiger charge is -2.34. The minimum Gasteiger partial charge on any atom is -0.367 e. The molecule has 2 aromatic rings. The molecule has 0 radical (unpaired) electrons. The lowest BCUT2D eigenvalue weighted by Crippen LogP contribution is -2.51. The SMILES string of the molecule is CCNC(=NCc1cccc(C#N)c1)NC1CCCN(c2cnn(C)c2)C1.I. The normalized spacial score (nSPS) is 16.8. The first-order valence-electron chi connectivity index (χ1n) is 9.45. The summed E-state index contributed by atoms with van der Waals surface area (Å²) < 4.78 is 1.84. The maximum absolute atomic E-state index is 9.04. The summed E-state index contributed by atoms with van der Waals surface area (Å²) in [4.78, 5) is 7.07. The predicted molar refractivity (Wildman–Crippen MR) is 123 cm³/mol. The van der Waals surface area contributed by atoms with Crippen molar-refractivity contribution in [2.24, 2.45) is 12.0 Å². The van der Waals surface area contributed by atoms with E-state index in [2.05, 4.69) is 39.8 Å². The molecule has 1 atom stereocenters. The predicted octanol–water partition coefficient (Wildman–Crippen LogP) is 2.63. The smallest absolute Gasteiger partial charge is 0.191 e. The van der Waals surface area contributed by atoms with Crippen LogP contribution in [0.4, 0.5) is 5.69 Å². The van der Waals surface area contributed by atoms with Crippen molar-refractivity contribution in [2.45, 2.75) is 32.4 Å². The van der Waals surface area contributed by atoms with Crippen LogP contribution in [0, 0.1) is 11.3 Å². The van der Waals surface area contributed by atoms with Gasteiger partial charge in [-0.15, -0.1) is 24.0 Å². The second kappa shape index (κ2) is 10.9. The second-order valence-corrected chi connectivity index (χ2v) is 6.81. The number of halogens is 1. The molecule has 0 amide bonds.